The first kappa shape index (κ1) is 21.2. The zero-order valence-electron chi connectivity index (χ0n) is 17.3. The molecule has 1 aromatic carbocycles. The van der Waals surface area contributed by atoms with Gasteiger partial charge in [0.2, 0.25) is 11.8 Å². The summed E-state index contributed by atoms with van der Waals surface area (Å²) in [7, 11) is 0. The summed E-state index contributed by atoms with van der Waals surface area (Å²) in [6.07, 6.45) is 8.46. The van der Waals surface area contributed by atoms with Gasteiger partial charge in [-0.3, -0.25) is 9.59 Å². The van der Waals surface area contributed by atoms with Gasteiger partial charge in [-0.15, -0.1) is 0 Å². The maximum Gasteiger partial charge on any atom is 0.223 e. The Kier molecular flexibility index (Phi) is 7.64. The van der Waals surface area contributed by atoms with Gasteiger partial charge in [-0.05, 0) is 49.1 Å². The number of benzene rings is 1. The highest BCUT2D eigenvalue weighted by Gasteiger charge is 2.23. The number of carbonyl (C=O) groups is 2. The monoisotopic (exact) mass is 370 g/mol. The second kappa shape index (κ2) is 9.72. The zero-order valence-corrected chi connectivity index (χ0v) is 17.3. The average Bonchev–Trinajstić information content (AvgIpc) is 2.62. The van der Waals surface area contributed by atoms with Gasteiger partial charge in [-0.25, -0.2) is 0 Å². The van der Waals surface area contributed by atoms with Gasteiger partial charge in [-0.2, -0.15) is 0 Å². The van der Waals surface area contributed by atoms with Gasteiger partial charge in [0.15, 0.2) is 0 Å². The fourth-order valence-corrected chi connectivity index (χ4v) is 3.59. The molecule has 4 nitrogen and oxygen atoms in total. The largest absolute Gasteiger partial charge is 0.356 e. The molecule has 0 aliphatic heterocycles. The third-order valence-corrected chi connectivity index (χ3v) is 5.10. The maximum absolute atomic E-state index is 12.3. The van der Waals surface area contributed by atoms with Crippen molar-refractivity contribution in [1.82, 2.24) is 5.32 Å². The van der Waals surface area contributed by atoms with Crippen LogP contribution in [0, 0.1) is 0 Å². The van der Waals surface area contributed by atoms with Crippen molar-refractivity contribution in [1.29, 1.82) is 0 Å². The van der Waals surface area contributed by atoms with Crippen molar-refractivity contribution in [2.45, 2.75) is 71.6 Å². The summed E-state index contributed by atoms with van der Waals surface area (Å²) in [6, 6.07) is 7.96. The Balaban J connectivity index is 1.92. The van der Waals surface area contributed by atoms with Crippen LogP contribution in [-0.2, 0) is 15.0 Å². The second-order valence-corrected chi connectivity index (χ2v) is 8.40. The predicted molar refractivity (Wildman–Crippen MR) is 112 cm³/mol. The number of carbonyl (C=O) groups excluding carboxylic acids is 2. The van der Waals surface area contributed by atoms with Crippen LogP contribution in [0.5, 0.6) is 0 Å². The normalized spacial score (nSPS) is 14.4. The highest BCUT2D eigenvalue weighted by molar-refractivity contribution is 5.93. The standard InChI is InChI=1S/C23H34N2O2/c1-18(26)25(21-13-9-8-12-20(21)23(2,3)4)17-15-22(27)24-16-14-19-10-6-5-7-11-19/h8-10,12-13H,5-7,11,14-17H2,1-4H3,(H,24,27). The van der Waals surface area contributed by atoms with E-state index < -0.39 is 0 Å². The number of nitrogens with one attached hydrogen (secondary N) is 1. The van der Waals surface area contributed by atoms with E-state index in [1.807, 2.05) is 18.2 Å². The van der Waals surface area contributed by atoms with Crippen LogP contribution in [0.4, 0.5) is 5.69 Å². The van der Waals surface area contributed by atoms with Crippen LogP contribution in [-0.4, -0.2) is 24.9 Å². The first-order valence-corrected chi connectivity index (χ1v) is 10.1. The Bertz CT molecular complexity index is 686. The van der Waals surface area contributed by atoms with Crippen molar-refractivity contribution in [3.8, 4) is 0 Å². The molecule has 0 fully saturated rings. The van der Waals surface area contributed by atoms with Gasteiger partial charge >= 0.3 is 0 Å². The molecular weight excluding hydrogens is 336 g/mol. The molecule has 0 aromatic heterocycles. The number of para-hydroxylation sites is 1. The lowest BCUT2D eigenvalue weighted by Gasteiger charge is -2.29. The van der Waals surface area contributed by atoms with E-state index in [4.69, 9.17) is 0 Å². The molecule has 0 bridgehead atoms. The van der Waals surface area contributed by atoms with Crippen LogP contribution in [0.3, 0.4) is 0 Å². The number of hydrogen-bond acceptors (Lipinski definition) is 2. The summed E-state index contributed by atoms with van der Waals surface area (Å²) >= 11 is 0. The minimum atomic E-state index is -0.0692. The number of hydrogen-bond donors (Lipinski definition) is 1. The quantitative estimate of drug-likeness (QED) is 0.705. The van der Waals surface area contributed by atoms with E-state index in [0.717, 1.165) is 24.1 Å². The van der Waals surface area contributed by atoms with E-state index in [0.29, 0.717) is 19.5 Å². The van der Waals surface area contributed by atoms with Crippen molar-refractivity contribution in [2.24, 2.45) is 0 Å². The molecule has 0 radical (unpaired) electrons. The Hall–Kier alpha value is -2.10. The first-order chi connectivity index (χ1) is 12.8. The number of anilines is 1. The number of rotatable bonds is 7. The number of nitrogens with zero attached hydrogens (tertiary/aromatic N) is 1. The molecule has 0 unspecified atom stereocenters. The third kappa shape index (κ3) is 6.53. The lowest BCUT2D eigenvalue weighted by atomic mass is 9.85. The minimum absolute atomic E-state index is 0.00546. The van der Waals surface area contributed by atoms with Crippen molar-refractivity contribution in [3.05, 3.63) is 41.5 Å². The van der Waals surface area contributed by atoms with E-state index in [9.17, 15) is 9.59 Å². The highest BCUT2D eigenvalue weighted by atomic mass is 16.2. The van der Waals surface area contributed by atoms with Crippen LogP contribution in [0.2, 0.25) is 0 Å². The smallest absolute Gasteiger partial charge is 0.223 e. The Morgan fingerprint density at radius 1 is 1.15 bits per heavy atom. The molecule has 0 heterocycles. The lowest BCUT2D eigenvalue weighted by molar-refractivity contribution is -0.121. The fraction of sp³-hybridized carbons (Fsp3) is 0.565. The molecule has 0 saturated heterocycles. The van der Waals surface area contributed by atoms with E-state index in [1.54, 1.807) is 11.8 Å². The van der Waals surface area contributed by atoms with Crippen molar-refractivity contribution in [3.63, 3.8) is 0 Å². The summed E-state index contributed by atoms with van der Waals surface area (Å²) in [5.74, 6) is -0.0299. The summed E-state index contributed by atoms with van der Waals surface area (Å²) in [5.41, 5.74) is 3.41. The lowest BCUT2D eigenvalue weighted by Crippen LogP contribution is -2.35. The molecule has 148 valence electrons. The van der Waals surface area contributed by atoms with Gasteiger partial charge in [0.1, 0.15) is 0 Å². The predicted octanol–water partition coefficient (Wildman–Crippen LogP) is 4.73. The highest BCUT2D eigenvalue weighted by Crippen LogP contribution is 2.32. The van der Waals surface area contributed by atoms with Crippen LogP contribution in [0.25, 0.3) is 0 Å². The van der Waals surface area contributed by atoms with Gasteiger partial charge < -0.3 is 10.2 Å². The van der Waals surface area contributed by atoms with Crippen LogP contribution in [0.15, 0.2) is 35.9 Å². The summed E-state index contributed by atoms with van der Waals surface area (Å²) < 4.78 is 0. The molecule has 2 amide bonds. The van der Waals surface area contributed by atoms with Crippen molar-refractivity contribution in [2.75, 3.05) is 18.0 Å². The van der Waals surface area contributed by atoms with Crippen LogP contribution >= 0.6 is 0 Å². The zero-order chi connectivity index (χ0) is 19.9. The van der Waals surface area contributed by atoms with E-state index >= 15 is 0 Å². The summed E-state index contributed by atoms with van der Waals surface area (Å²) in [6.45, 7) is 9.05. The Labute approximate surface area is 164 Å². The minimum Gasteiger partial charge on any atom is -0.356 e. The molecule has 0 saturated carbocycles. The van der Waals surface area contributed by atoms with E-state index in [-0.39, 0.29) is 17.2 Å². The van der Waals surface area contributed by atoms with Gasteiger partial charge in [0.25, 0.3) is 0 Å². The molecule has 1 aliphatic carbocycles. The van der Waals surface area contributed by atoms with Gasteiger partial charge in [0.05, 0.1) is 0 Å². The van der Waals surface area contributed by atoms with Crippen molar-refractivity contribution < 1.29 is 9.59 Å². The van der Waals surface area contributed by atoms with Crippen molar-refractivity contribution >= 4 is 17.5 Å². The first-order valence-electron chi connectivity index (χ1n) is 10.1. The van der Waals surface area contributed by atoms with Gasteiger partial charge in [0, 0.05) is 32.1 Å². The molecule has 1 aliphatic rings. The molecule has 0 spiro atoms. The molecule has 27 heavy (non-hydrogen) atoms. The molecule has 1 N–H and O–H groups in total. The number of amides is 2. The fourth-order valence-electron chi connectivity index (χ4n) is 3.59. The van der Waals surface area contributed by atoms with E-state index in [1.165, 1.54) is 24.8 Å². The SMILES string of the molecule is CC(=O)N(CCC(=O)NCCC1=CCCCC1)c1ccccc1C(C)(C)C. The maximum atomic E-state index is 12.3. The molecule has 0 atom stereocenters. The van der Waals surface area contributed by atoms with Gasteiger partial charge in [-0.1, -0.05) is 50.6 Å². The van der Waals surface area contributed by atoms with E-state index in [2.05, 4.69) is 38.2 Å². The summed E-state index contributed by atoms with van der Waals surface area (Å²) in [5, 5.41) is 3.00. The molecular formula is C23H34N2O2. The summed E-state index contributed by atoms with van der Waals surface area (Å²) in [4.78, 5) is 26.2. The average molecular weight is 371 g/mol. The molecule has 1 aromatic rings. The Morgan fingerprint density at radius 3 is 2.52 bits per heavy atom. The second-order valence-electron chi connectivity index (χ2n) is 8.40. The Morgan fingerprint density at radius 2 is 1.89 bits per heavy atom. The third-order valence-electron chi connectivity index (χ3n) is 5.10. The molecule has 4 heteroatoms. The van der Waals surface area contributed by atoms with Crippen LogP contribution < -0.4 is 10.2 Å². The van der Waals surface area contributed by atoms with Crippen LogP contribution in [0.1, 0.15) is 71.8 Å². The number of allylic oxidation sites excluding steroid dienone is 1. The molecule has 2 rings (SSSR count). The topological polar surface area (TPSA) is 49.4 Å².